The Balaban J connectivity index is 1.62. The summed E-state index contributed by atoms with van der Waals surface area (Å²) in [7, 11) is 1.57. The summed E-state index contributed by atoms with van der Waals surface area (Å²) in [4.78, 5) is 25.3. The number of H-pyrrole nitrogens is 1. The average Bonchev–Trinajstić information content (AvgIpc) is 3.15. The topological polar surface area (TPSA) is 120 Å². The number of carbonyl (C=O) groups excluding carboxylic acids is 2. The number of carbonyl (C=O) groups is 2. The van der Waals surface area contributed by atoms with Crippen LogP contribution in [0.15, 0.2) is 30.3 Å². The molecule has 1 fully saturated rings. The van der Waals surface area contributed by atoms with E-state index in [9.17, 15) is 9.59 Å². The minimum atomic E-state index is -0.792. The zero-order chi connectivity index (χ0) is 18.5. The third-order valence-corrected chi connectivity index (χ3v) is 3.97. The van der Waals surface area contributed by atoms with Crippen LogP contribution in [0.2, 0.25) is 0 Å². The van der Waals surface area contributed by atoms with E-state index in [4.69, 9.17) is 19.9 Å². The highest BCUT2D eigenvalue weighted by molar-refractivity contribution is 5.93. The number of nitrogens with one attached hydrogen (secondary N) is 1. The van der Waals surface area contributed by atoms with Crippen molar-refractivity contribution < 1.29 is 23.8 Å². The number of benzene rings is 1. The first-order valence-corrected chi connectivity index (χ1v) is 8.08. The summed E-state index contributed by atoms with van der Waals surface area (Å²) in [5.41, 5.74) is 6.12. The lowest BCUT2D eigenvalue weighted by Crippen LogP contribution is -2.50. The molecule has 1 aliphatic rings. The van der Waals surface area contributed by atoms with E-state index in [-0.39, 0.29) is 31.4 Å². The lowest BCUT2D eigenvalue weighted by atomic mass is 10.2. The molecule has 2 heterocycles. The second kappa shape index (κ2) is 7.87. The van der Waals surface area contributed by atoms with Gasteiger partial charge in [0.2, 0.25) is 5.91 Å². The van der Waals surface area contributed by atoms with Gasteiger partial charge in [-0.05, 0) is 18.2 Å². The van der Waals surface area contributed by atoms with Crippen molar-refractivity contribution in [2.75, 3.05) is 26.8 Å². The highest BCUT2D eigenvalue weighted by Crippen LogP contribution is 2.26. The molecule has 1 aliphatic heterocycles. The molecule has 26 heavy (non-hydrogen) atoms. The van der Waals surface area contributed by atoms with Gasteiger partial charge in [0, 0.05) is 6.54 Å². The number of hydrogen-bond acceptors (Lipinski definition) is 6. The van der Waals surface area contributed by atoms with Crippen LogP contribution in [0.3, 0.4) is 0 Å². The number of nitrogens with two attached hydrogens (primary N) is 1. The molecule has 0 aliphatic carbocycles. The maximum absolute atomic E-state index is 12.5. The number of aromatic amines is 1. The molecular weight excluding hydrogens is 340 g/mol. The van der Waals surface area contributed by atoms with Crippen LogP contribution in [0.4, 0.5) is 0 Å². The van der Waals surface area contributed by atoms with E-state index in [1.807, 2.05) is 12.1 Å². The van der Waals surface area contributed by atoms with Crippen LogP contribution in [-0.2, 0) is 16.1 Å². The monoisotopic (exact) mass is 360 g/mol. The number of morpholine rings is 1. The van der Waals surface area contributed by atoms with Crippen molar-refractivity contribution in [3.8, 4) is 11.5 Å². The summed E-state index contributed by atoms with van der Waals surface area (Å²) in [5, 5.41) is 6.81. The van der Waals surface area contributed by atoms with Crippen LogP contribution >= 0.6 is 0 Å². The van der Waals surface area contributed by atoms with Crippen molar-refractivity contribution in [1.82, 2.24) is 15.1 Å². The summed E-state index contributed by atoms with van der Waals surface area (Å²) in [5.74, 6) is 0.332. The fraction of sp³-hybridized carbons (Fsp3) is 0.353. The van der Waals surface area contributed by atoms with E-state index < -0.39 is 12.0 Å². The van der Waals surface area contributed by atoms with E-state index in [1.54, 1.807) is 25.3 Å². The Labute approximate surface area is 150 Å². The molecule has 1 aromatic carbocycles. The molecular formula is C17H20N4O5. The lowest BCUT2D eigenvalue weighted by Gasteiger charge is -2.30. The maximum atomic E-state index is 12.5. The Morgan fingerprint density at radius 3 is 2.88 bits per heavy atom. The van der Waals surface area contributed by atoms with Crippen LogP contribution in [0.5, 0.6) is 11.5 Å². The van der Waals surface area contributed by atoms with Crippen molar-refractivity contribution in [3.05, 3.63) is 41.7 Å². The number of methoxy groups -OCH3 is 1. The second-order valence-electron chi connectivity index (χ2n) is 5.73. The molecule has 1 aromatic heterocycles. The van der Waals surface area contributed by atoms with Gasteiger partial charge in [0.1, 0.15) is 6.61 Å². The number of nitrogens with zero attached hydrogens (tertiary/aromatic N) is 2. The molecule has 0 unspecified atom stereocenters. The van der Waals surface area contributed by atoms with E-state index in [0.29, 0.717) is 23.7 Å². The third kappa shape index (κ3) is 3.94. The zero-order valence-electron chi connectivity index (χ0n) is 14.3. The van der Waals surface area contributed by atoms with Crippen molar-refractivity contribution in [2.24, 2.45) is 5.73 Å². The summed E-state index contributed by atoms with van der Waals surface area (Å²) in [6.07, 6.45) is -0.792. The molecule has 138 valence electrons. The molecule has 2 aromatic rings. The van der Waals surface area contributed by atoms with Crippen LogP contribution in [0.25, 0.3) is 0 Å². The second-order valence-corrected chi connectivity index (χ2v) is 5.73. The lowest BCUT2D eigenvalue weighted by molar-refractivity contribution is -0.133. The van der Waals surface area contributed by atoms with E-state index in [0.717, 1.165) is 0 Å². The summed E-state index contributed by atoms with van der Waals surface area (Å²) < 4.78 is 16.2. The Morgan fingerprint density at radius 1 is 1.38 bits per heavy atom. The highest BCUT2D eigenvalue weighted by atomic mass is 16.5. The highest BCUT2D eigenvalue weighted by Gasteiger charge is 2.29. The molecule has 0 radical (unpaired) electrons. The average molecular weight is 360 g/mol. The minimum absolute atomic E-state index is 0.119. The van der Waals surface area contributed by atoms with Crippen molar-refractivity contribution >= 4 is 11.8 Å². The van der Waals surface area contributed by atoms with Gasteiger partial charge in [-0.3, -0.25) is 14.7 Å². The molecule has 1 saturated heterocycles. The first kappa shape index (κ1) is 17.7. The van der Waals surface area contributed by atoms with Crippen LogP contribution in [0.1, 0.15) is 16.2 Å². The molecule has 0 spiro atoms. The van der Waals surface area contributed by atoms with Gasteiger partial charge in [-0.1, -0.05) is 12.1 Å². The first-order valence-electron chi connectivity index (χ1n) is 8.08. The normalized spacial score (nSPS) is 17.0. The molecule has 3 N–H and O–H groups in total. The summed E-state index contributed by atoms with van der Waals surface area (Å²) in [6.45, 7) is 0.956. The molecule has 1 atom stereocenters. The quantitative estimate of drug-likeness (QED) is 0.766. The molecule has 9 nitrogen and oxygen atoms in total. The third-order valence-electron chi connectivity index (χ3n) is 3.97. The van der Waals surface area contributed by atoms with Crippen molar-refractivity contribution in [3.63, 3.8) is 0 Å². The largest absolute Gasteiger partial charge is 0.493 e. The smallest absolute Gasteiger partial charge is 0.274 e. The summed E-state index contributed by atoms with van der Waals surface area (Å²) in [6, 6.07) is 8.89. The van der Waals surface area contributed by atoms with Gasteiger partial charge in [-0.2, -0.15) is 5.10 Å². The molecule has 3 rings (SSSR count). The number of ether oxygens (including phenoxy) is 3. The van der Waals surface area contributed by atoms with Gasteiger partial charge >= 0.3 is 0 Å². The van der Waals surface area contributed by atoms with E-state index >= 15 is 0 Å². The van der Waals surface area contributed by atoms with E-state index in [2.05, 4.69) is 10.2 Å². The van der Waals surface area contributed by atoms with Crippen molar-refractivity contribution in [2.45, 2.75) is 12.7 Å². The number of hydrogen-bond donors (Lipinski definition) is 2. The minimum Gasteiger partial charge on any atom is -0.493 e. The molecule has 2 amide bonds. The summed E-state index contributed by atoms with van der Waals surface area (Å²) >= 11 is 0. The fourth-order valence-electron chi connectivity index (χ4n) is 2.61. The SMILES string of the molecule is COc1ccccc1OCc1cc(C(=O)N2CCO[C@H](C(N)=O)C2)n[nH]1. The number of primary amides is 1. The molecule has 0 saturated carbocycles. The number of aromatic nitrogens is 2. The van der Waals surface area contributed by atoms with Gasteiger partial charge in [0.05, 0.1) is 26.0 Å². The standard InChI is InChI=1S/C17H20N4O5/c1-24-13-4-2-3-5-14(13)26-10-11-8-12(20-19-11)17(23)21-6-7-25-15(9-21)16(18)22/h2-5,8,15H,6-7,9-10H2,1H3,(H2,18,22)(H,19,20)/t15-/m0/s1. The van der Waals surface area contributed by atoms with Gasteiger partial charge in [-0.25, -0.2) is 0 Å². The van der Waals surface area contributed by atoms with Crippen molar-refractivity contribution in [1.29, 1.82) is 0 Å². The maximum Gasteiger partial charge on any atom is 0.274 e. The van der Waals surface area contributed by atoms with Crippen LogP contribution in [0, 0.1) is 0 Å². The molecule has 0 bridgehead atoms. The Hall–Kier alpha value is -3.07. The predicted molar refractivity (Wildman–Crippen MR) is 90.8 cm³/mol. The predicted octanol–water partition coefficient (Wildman–Crippen LogP) is 0.324. The van der Waals surface area contributed by atoms with Gasteiger partial charge in [0.15, 0.2) is 23.3 Å². The van der Waals surface area contributed by atoms with Gasteiger partial charge in [-0.15, -0.1) is 0 Å². The first-order chi connectivity index (χ1) is 12.6. The Bertz CT molecular complexity index is 791. The van der Waals surface area contributed by atoms with Gasteiger partial charge < -0.3 is 24.8 Å². The Kier molecular flexibility index (Phi) is 5.37. The number of para-hydroxylation sites is 2. The number of rotatable bonds is 6. The molecule has 9 heteroatoms. The fourth-order valence-corrected chi connectivity index (χ4v) is 2.61. The Morgan fingerprint density at radius 2 is 2.15 bits per heavy atom. The van der Waals surface area contributed by atoms with Gasteiger partial charge in [0.25, 0.3) is 5.91 Å². The van der Waals surface area contributed by atoms with Crippen LogP contribution in [-0.4, -0.2) is 59.8 Å². The van der Waals surface area contributed by atoms with Crippen LogP contribution < -0.4 is 15.2 Å². The zero-order valence-corrected chi connectivity index (χ0v) is 14.3. The number of amides is 2. The van der Waals surface area contributed by atoms with E-state index in [1.165, 1.54) is 4.90 Å².